The third-order valence-electron chi connectivity index (χ3n) is 5.02. The third-order valence-corrected chi connectivity index (χ3v) is 5.71. The number of hydrogen-bond acceptors (Lipinski definition) is 5. The SMILES string of the molecule is CC(C)(C)OC(=O)N1C(=O)C=C[C@@H]1[C@@H](CC(=O)c1ccccc1Br)c1ccc(C#N)cc1. The van der Waals surface area contributed by atoms with Crippen LogP contribution in [0.15, 0.2) is 65.2 Å². The Morgan fingerprint density at radius 1 is 1.16 bits per heavy atom. The van der Waals surface area contributed by atoms with Crippen molar-refractivity contribution in [2.24, 2.45) is 0 Å². The number of rotatable bonds is 5. The molecule has 1 heterocycles. The van der Waals surface area contributed by atoms with Crippen LogP contribution in [0.4, 0.5) is 4.79 Å². The number of ether oxygens (including phenoxy) is 1. The Labute approximate surface area is 195 Å². The standard InChI is InChI=1S/C25H23BrN2O4/c1-25(2,3)32-24(31)28-21(12-13-23(28)30)19(17-10-8-16(15-27)9-11-17)14-22(29)18-6-4-5-7-20(18)26/h4-13,19,21H,14H2,1-3H3/t19-,21+/m0/s1. The van der Waals surface area contributed by atoms with Crippen molar-refractivity contribution in [3.8, 4) is 6.07 Å². The van der Waals surface area contributed by atoms with Gasteiger partial charge in [0.2, 0.25) is 0 Å². The molecule has 1 aliphatic rings. The van der Waals surface area contributed by atoms with Crippen molar-refractivity contribution in [1.29, 1.82) is 5.26 Å². The number of benzene rings is 2. The molecule has 2 atom stereocenters. The van der Waals surface area contributed by atoms with Crippen molar-refractivity contribution in [3.05, 3.63) is 81.8 Å². The monoisotopic (exact) mass is 494 g/mol. The number of carbonyl (C=O) groups is 3. The van der Waals surface area contributed by atoms with E-state index in [1.54, 1.807) is 69.3 Å². The lowest BCUT2D eigenvalue weighted by molar-refractivity contribution is -0.125. The summed E-state index contributed by atoms with van der Waals surface area (Å²) in [5, 5.41) is 9.13. The summed E-state index contributed by atoms with van der Waals surface area (Å²) in [6, 6.07) is 15.3. The van der Waals surface area contributed by atoms with Gasteiger partial charge < -0.3 is 4.74 Å². The van der Waals surface area contributed by atoms with Crippen LogP contribution >= 0.6 is 15.9 Å². The molecule has 0 spiro atoms. The maximum absolute atomic E-state index is 13.2. The molecule has 6 nitrogen and oxygen atoms in total. The van der Waals surface area contributed by atoms with Gasteiger partial charge in [0, 0.05) is 28.5 Å². The Kier molecular flexibility index (Phi) is 6.95. The fourth-order valence-electron chi connectivity index (χ4n) is 3.57. The summed E-state index contributed by atoms with van der Waals surface area (Å²) < 4.78 is 6.12. The number of nitriles is 1. The zero-order chi connectivity index (χ0) is 23.5. The van der Waals surface area contributed by atoms with Crippen LogP contribution in [0.3, 0.4) is 0 Å². The average molecular weight is 495 g/mol. The minimum Gasteiger partial charge on any atom is -0.443 e. The molecule has 0 aromatic heterocycles. The molecule has 0 unspecified atom stereocenters. The van der Waals surface area contributed by atoms with Crippen LogP contribution in [-0.2, 0) is 9.53 Å². The minimum atomic E-state index is -0.779. The highest BCUT2D eigenvalue weighted by atomic mass is 79.9. The van der Waals surface area contributed by atoms with Gasteiger partial charge in [-0.15, -0.1) is 0 Å². The molecule has 3 rings (SSSR count). The summed E-state index contributed by atoms with van der Waals surface area (Å²) in [4.78, 5) is 39.6. The zero-order valence-electron chi connectivity index (χ0n) is 18.0. The predicted octanol–water partition coefficient (Wildman–Crippen LogP) is 5.38. The Morgan fingerprint density at radius 2 is 1.81 bits per heavy atom. The second-order valence-corrected chi connectivity index (χ2v) is 9.34. The zero-order valence-corrected chi connectivity index (χ0v) is 19.6. The van der Waals surface area contributed by atoms with Gasteiger partial charge in [0.1, 0.15) is 5.60 Å². The molecule has 2 amide bonds. The molecule has 0 bridgehead atoms. The average Bonchev–Trinajstić information content (AvgIpc) is 3.12. The van der Waals surface area contributed by atoms with Gasteiger partial charge in [0.15, 0.2) is 5.78 Å². The Bertz CT molecular complexity index is 1110. The number of amides is 2. The summed E-state index contributed by atoms with van der Waals surface area (Å²) >= 11 is 3.41. The van der Waals surface area contributed by atoms with Gasteiger partial charge in [-0.05, 0) is 44.5 Å². The van der Waals surface area contributed by atoms with Gasteiger partial charge >= 0.3 is 6.09 Å². The second kappa shape index (κ2) is 9.49. The van der Waals surface area contributed by atoms with E-state index in [1.807, 2.05) is 6.07 Å². The van der Waals surface area contributed by atoms with Crippen LogP contribution in [0.25, 0.3) is 0 Å². The van der Waals surface area contributed by atoms with Crippen LogP contribution < -0.4 is 0 Å². The van der Waals surface area contributed by atoms with E-state index in [0.29, 0.717) is 15.6 Å². The fourth-order valence-corrected chi connectivity index (χ4v) is 4.07. The van der Waals surface area contributed by atoms with Crippen molar-refractivity contribution in [2.45, 2.75) is 44.8 Å². The number of ketones is 1. The van der Waals surface area contributed by atoms with Crippen LogP contribution in [0.2, 0.25) is 0 Å². The third kappa shape index (κ3) is 5.32. The smallest absolute Gasteiger partial charge is 0.417 e. The van der Waals surface area contributed by atoms with Crippen LogP contribution in [0.1, 0.15) is 54.6 Å². The van der Waals surface area contributed by atoms with Crippen molar-refractivity contribution in [3.63, 3.8) is 0 Å². The lowest BCUT2D eigenvalue weighted by Gasteiger charge is -2.32. The van der Waals surface area contributed by atoms with E-state index in [9.17, 15) is 14.4 Å². The molecule has 0 aliphatic carbocycles. The van der Waals surface area contributed by atoms with Gasteiger partial charge in [-0.25, -0.2) is 9.69 Å². The van der Waals surface area contributed by atoms with Crippen molar-refractivity contribution in [1.82, 2.24) is 4.90 Å². The minimum absolute atomic E-state index is 0.0517. The summed E-state index contributed by atoms with van der Waals surface area (Å²) in [5.74, 6) is -1.14. The quantitative estimate of drug-likeness (QED) is 0.520. The Balaban J connectivity index is 1.99. The van der Waals surface area contributed by atoms with Crippen molar-refractivity contribution < 1.29 is 19.1 Å². The van der Waals surface area contributed by atoms with Crippen LogP contribution in [-0.4, -0.2) is 34.3 Å². The predicted molar refractivity (Wildman–Crippen MR) is 123 cm³/mol. The topological polar surface area (TPSA) is 87.5 Å². The first kappa shape index (κ1) is 23.4. The number of hydrogen-bond donors (Lipinski definition) is 0. The molecule has 164 valence electrons. The van der Waals surface area contributed by atoms with E-state index in [4.69, 9.17) is 10.00 Å². The molecule has 0 radical (unpaired) electrons. The molecular weight excluding hydrogens is 472 g/mol. The molecule has 0 saturated carbocycles. The second-order valence-electron chi connectivity index (χ2n) is 8.49. The number of Topliss-reactive ketones (excluding diaryl/α,β-unsaturated/α-hetero) is 1. The lowest BCUT2D eigenvalue weighted by Crippen LogP contribution is -2.45. The van der Waals surface area contributed by atoms with Crippen molar-refractivity contribution >= 4 is 33.7 Å². The normalized spacial score (nSPS) is 16.5. The largest absolute Gasteiger partial charge is 0.443 e. The summed E-state index contributed by atoms with van der Waals surface area (Å²) in [6.45, 7) is 5.17. The Morgan fingerprint density at radius 3 is 2.41 bits per heavy atom. The molecule has 2 aromatic rings. The molecule has 1 aliphatic heterocycles. The number of carbonyl (C=O) groups excluding carboxylic acids is 3. The van der Waals surface area contributed by atoms with Crippen molar-refractivity contribution in [2.75, 3.05) is 0 Å². The lowest BCUT2D eigenvalue weighted by atomic mass is 9.85. The first-order chi connectivity index (χ1) is 15.1. The molecule has 7 heteroatoms. The first-order valence-electron chi connectivity index (χ1n) is 10.1. The van der Waals surface area contributed by atoms with Gasteiger partial charge in [-0.2, -0.15) is 5.26 Å². The Hall–Kier alpha value is -3.24. The van der Waals surface area contributed by atoms with E-state index < -0.39 is 29.6 Å². The number of halogens is 1. The molecule has 0 N–H and O–H groups in total. The van der Waals surface area contributed by atoms with Gasteiger partial charge in [0.05, 0.1) is 17.7 Å². The molecule has 0 fully saturated rings. The highest BCUT2D eigenvalue weighted by Crippen LogP contribution is 2.34. The molecule has 2 aromatic carbocycles. The maximum atomic E-state index is 13.2. The van der Waals surface area contributed by atoms with E-state index in [-0.39, 0.29) is 12.2 Å². The van der Waals surface area contributed by atoms with Crippen LogP contribution in [0, 0.1) is 11.3 Å². The summed E-state index contributed by atoms with van der Waals surface area (Å²) in [5.41, 5.74) is 0.955. The number of nitrogens with zero attached hydrogens (tertiary/aromatic N) is 2. The van der Waals surface area contributed by atoms with E-state index >= 15 is 0 Å². The van der Waals surface area contributed by atoms with Crippen LogP contribution in [0.5, 0.6) is 0 Å². The summed E-state index contributed by atoms with van der Waals surface area (Å²) in [6.07, 6.45) is 2.25. The number of imide groups is 1. The molecule has 0 saturated heterocycles. The van der Waals surface area contributed by atoms with E-state index in [1.165, 1.54) is 6.08 Å². The van der Waals surface area contributed by atoms with Gasteiger partial charge in [-0.3, -0.25) is 9.59 Å². The highest BCUT2D eigenvalue weighted by Gasteiger charge is 2.40. The van der Waals surface area contributed by atoms with E-state index in [2.05, 4.69) is 22.0 Å². The first-order valence-corrected chi connectivity index (χ1v) is 10.9. The maximum Gasteiger partial charge on any atom is 0.417 e. The molecule has 32 heavy (non-hydrogen) atoms. The highest BCUT2D eigenvalue weighted by molar-refractivity contribution is 9.10. The molecular formula is C25H23BrN2O4. The fraction of sp³-hybridized carbons (Fsp3) is 0.280. The summed E-state index contributed by atoms with van der Waals surface area (Å²) in [7, 11) is 0. The van der Waals surface area contributed by atoms with Gasteiger partial charge in [0.25, 0.3) is 5.91 Å². The van der Waals surface area contributed by atoms with Gasteiger partial charge in [-0.1, -0.05) is 52.3 Å². The van der Waals surface area contributed by atoms with E-state index in [0.717, 1.165) is 10.5 Å².